The Labute approximate surface area is 207 Å². The number of halogens is 1. The molecule has 3 rings (SSSR count). The number of methoxy groups -OCH3 is 1. The van der Waals surface area contributed by atoms with Gasteiger partial charge in [-0.3, -0.25) is 19.8 Å². The molecule has 184 valence electrons. The van der Waals surface area contributed by atoms with Crippen molar-refractivity contribution in [2.45, 2.75) is 32.7 Å². The van der Waals surface area contributed by atoms with E-state index in [9.17, 15) is 24.5 Å². The molecule has 1 aliphatic heterocycles. The van der Waals surface area contributed by atoms with Crippen molar-refractivity contribution in [3.63, 3.8) is 0 Å². The molecule has 10 nitrogen and oxygen atoms in total. The highest BCUT2D eigenvalue weighted by Gasteiger charge is 2.36. The SMILES string of the molecule is CCCCN1C(=O)N[C@@H](c2cccc(NC(=O)c3ccc([N+](=O)[O-])cc3Cl)c2)C(C(=O)OC)=C1C. The minimum absolute atomic E-state index is 0.0613. The molecule has 0 aliphatic carbocycles. The van der Waals surface area contributed by atoms with Gasteiger partial charge in [0.15, 0.2) is 0 Å². The number of benzene rings is 2. The first-order valence-electron chi connectivity index (χ1n) is 10.9. The summed E-state index contributed by atoms with van der Waals surface area (Å²) in [6.45, 7) is 4.18. The predicted molar refractivity (Wildman–Crippen MR) is 130 cm³/mol. The van der Waals surface area contributed by atoms with Crippen molar-refractivity contribution in [3.8, 4) is 0 Å². The Morgan fingerprint density at radius 2 is 2.00 bits per heavy atom. The number of nitrogens with one attached hydrogen (secondary N) is 2. The second kappa shape index (κ2) is 11.0. The van der Waals surface area contributed by atoms with E-state index in [1.807, 2.05) is 6.92 Å². The summed E-state index contributed by atoms with van der Waals surface area (Å²) in [5.74, 6) is -1.14. The number of non-ortho nitro benzene ring substituents is 1. The molecule has 2 aromatic rings. The summed E-state index contributed by atoms with van der Waals surface area (Å²) < 4.78 is 4.99. The first kappa shape index (κ1) is 25.7. The fourth-order valence-corrected chi connectivity index (χ4v) is 4.05. The smallest absolute Gasteiger partial charge is 0.337 e. The maximum atomic E-state index is 12.8. The van der Waals surface area contributed by atoms with Crippen LogP contribution in [0, 0.1) is 10.1 Å². The zero-order chi connectivity index (χ0) is 25.7. The number of rotatable bonds is 8. The van der Waals surface area contributed by atoms with E-state index in [0.717, 1.165) is 18.9 Å². The lowest BCUT2D eigenvalue weighted by Crippen LogP contribution is -2.48. The standard InChI is InChI=1S/C24H25ClN4O6/c1-4-5-11-28-14(2)20(23(31)35-3)21(27-24(28)32)15-7-6-8-16(12-15)26-22(30)18-10-9-17(29(33)34)13-19(18)25/h6-10,12-13,21H,4-5,11H2,1-3H3,(H,26,30)(H,27,32)/t21-/m0/s1. The van der Waals surface area contributed by atoms with Crippen LogP contribution in [0.3, 0.4) is 0 Å². The Morgan fingerprint density at radius 3 is 2.63 bits per heavy atom. The summed E-state index contributed by atoms with van der Waals surface area (Å²) in [6, 6.07) is 9.09. The number of urea groups is 1. The second-order valence-corrected chi connectivity index (χ2v) is 8.29. The molecule has 0 saturated heterocycles. The van der Waals surface area contributed by atoms with Gasteiger partial charge in [0.05, 0.1) is 34.2 Å². The number of hydrogen-bond donors (Lipinski definition) is 2. The number of nitrogens with zero attached hydrogens (tertiary/aromatic N) is 2. The Bertz CT molecular complexity index is 1210. The van der Waals surface area contributed by atoms with Crippen molar-refractivity contribution in [1.29, 1.82) is 0 Å². The predicted octanol–water partition coefficient (Wildman–Crippen LogP) is 4.81. The van der Waals surface area contributed by atoms with Gasteiger partial charge in [-0.15, -0.1) is 0 Å². The lowest BCUT2D eigenvalue weighted by molar-refractivity contribution is -0.384. The zero-order valence-corrected chi connectivity index (χ0v) is 20.2. The van der Waals surface area contributed by atoms with Gasteiger partial charge in [0.25, 0.3) is 11.6 Å². The Balaban J connectivity index is 1.91. The highest BCUT2D eigenvalue weighted by molar-refractivity contribution is 6.34. The topological polar surface area (TPSA) is 131 Å². The molecular weight excluding hydrogens is 476 g/mol. The van der Waals surface area contributed by atoms with E-state index >= 15 is 0 Å². The van der Waals surface area contributed by atoms with Crippen LogP contribution in [0.25, 0.3) is 0 Å². The minimum atomic E-state index is -0.785. The number of amides is 3. The van der Waals surface area contributed by atoms with Gasteiger partial charge >= 0.3 is 12.0 Å². The highest BCUT2D eigenvalue weighted by atomic mass is 35.5. The van der Waals surface area contributed by atoms with E-state index < -0.39 is 22.8 Å². The molecule has 11 heteroatoms. The summed E-state index contributed by atoms with van der Waals surface area (Å²) in [7, 11) is 1.27. The maximum absolute atomic E-state index is 12.8. The van der Waals surface area contributed by atoms with E-state index in [1.54, 1.807) is 31.2 Å². The first-order chi connectivity index (χ1) is 16.7. The van der Waals surface area contributed by atoms with Gasteiger partial charge in [-0.05, 0) is 37.1 Å². The molecule has 0 bridgehead atoms. The number of unbranched alkanes of at least 4 members (excludes halogenated alkanes) is 1. The largest absolute Gasteiger partial charge is 0.466 e. The number of allylic oxidation sites excluding steroid dienone is 1. The van der Waals surface area contributed by atoms with Gasteiger partial charge in [-0.2, -0.15) is 0 Å². The molecule has 3 amide bonds. The average molecular weight is 501 g/mol. The number of esters is 1. The van der Waals surface area contributed by atoms with E-state index in [1.165, 1.54) is 24.1 Å². The van der Waals surface area contributed by atoms with Gasteiger partial charge in [-0.1, -0.05) is 37.1 Å². The van der Waals surface area contributed by atoms with Crippen LogP contribution in [0.15, 0.2) is 53.7 Å². The van der Waals surface area contributed by atoms with Crippen LogP contribution >= 0.6 is 11.6 Å². The van der Waals surface area contributed by atoms with Gasteiger partial charge in [0.2, 0.25) is 0 Å². The number of nitro groups is 1. The molecule has 2 N–H and O–H groups in total. The van der Waals surface area contributed by atoms with E-state index in [0.29, 0.717) is 29.1 Å². The van der Waals surface area contributed by atoms with Crippen LogP contribution in [-0.2, 0) is 9.53 Å². The molecule has 1 atom stereocenters. The molecule has 2 aromatic carbocycles. The van der Waals surface area contributed by atoms with E-state index in [-0.39, 0.29) is 22.3 Å². The Hall–Kier alpha value is -3.92. The summed E-state index contributed by atoms with van der Waals surface area (Å²) >= 11 is 6.06. The van der Waals surface area contributed by atoms with E-state index in [2.05, 4.69) is 10.6 Å². The number of carbonyl (C=O) groups excluding carboxylic acids is 3. The Kier molecular flexibility index (Phi) is 8.08. The molecule has 0 spiro atoms. The maximum Gasteiger partial charge on any atom is 0.337 e. The van der Waals surface area contributed by atoms with Crippen LogP contribution < -0.4 is 10.6 Å². The van der Waals surface area contributed by atoms with Crippen LogP contribution in [0.4, 0.5) is 16.2 Å². The summed E-state index contributed by atoms with van der Waals surface area (Å²) in [6.07, 6.45) is 1.66. The molecule has 35 heavy (non-hydrogen) atoms. The summed E-state index contributed by atoms with van der Waals surface area (Å²) in [5.41, 5.74) is 1.57. The number of carbonyl (C=O) groups is 3. The second-order valence-electron chi connectivity index (χ2n) is 7.88. The molecule has 1 heterocycles. The molecule has 0 saturated carbocycles. The van der Waals surface area contributed by atoms with Gasteiger partial charge in [-0.25, -0.2) is 9.59 Å². The lowest BCUT2D eigenvalue weighted by Gasteiger charge is -2.35. The summed E-state index contributed by atoms with van der Waals surface area (Å²) in [4.78, 5) is 50.0. The van der Waals surface area contributed by atoms with Crippen molar-refractivity contribution in [2.24, 2.45) is 0 Å². The van der Waals surface area contributed by atoms with Crippen molar-refractivity contribution < 1.29 is 24.0 Å². The van der Waals surface area contributed by atoms with Crippen molar-refractivity contribution >= 4 is 40.9 Å². The summed E-state index contributed by atoms with van der Waals surface area (Å²) in [5, 5.41) is 16.4. The average Bonchev–Trinajstić information content (AvgIpc) is 2.83. The number of hydrogen-bond acceptors (Lipinski definition) is 6. The lowest BCUT2D eigenvalue weighted by atomic mass is 9.94. The van der Waals surface area contributed by atoms with Crippen LogP contribution in [0.2, 0.25) is 5.02 Å². The third-order valence-electron chi connectivity index (χ3n) is 5.62. The zero-order valence-electron chi connectivity index (χ0n) is 19.5. The van der Waals surface area contributed by atoms with Crippen LogP contribution in [-0.4, -0.2) is 41.4 Å². The van der Waals surface area contributed by atoms with Gasteiger partial charge < -0.3 is 15.4 Å². The number of nitro benzene ring substituents is 1. The van der Waals surface area contributed by atoms with Gasteiger partial charge in [0.1, 0.15) is 0 Å². The monoisotopic (exact) mass is 500 g/mol. The fourth-order valence-electron chi connectivity index (χ4n) is 3.79. The number of anilines is 1. The quantitative estimate of drug-likeness (QED) is 0.303. The first-order valence-corrected chi connectivity index (χ1v) is 11.3. The molecule has 0 fully saturated rings. The molecular formula is C24H25ClN4O6. The Morgan fingerprint density at radius 1 is 1.26 bits per heavy atom. The van der Waals surface area contributed by atoms with Crippen molar-refractivity contribution in [1.82, 2.24) is 10.2 Å². The normalized spacial score (nSPS) is 15.5. The molecule has 0 unspecified atom stereocenters. The van der Waals surface area contributed by atoms with Crippen LogP contribution in [0.5, 0.6) is 0 Å². The minimum Gasteiger partial charge on any atom is -0.466 e. The third-order valence-corrected chi connectivity index (χ3v) is 5.94. The van der Waals surface area contributed by atoms with E-state index in [4.69, 9.17) is 16.3 Å². The van der Waals surface area contributed by atoms with Gasteiger partial charge in [0, 0.05) is 30.1 Å². The number of ether oxygens (including phenoxy) is 1. The molecule has 1 aliphatic rings. The fraction of sp³-hybridized carbons (Fsp3) is 0.292. The highest BCUT2D eigenvalue weighted by Crippen LogP contribution is 2.33. The third kappa shape index (κ3) is 5.60. The van der Waals surface area contributed by atoms with Crippen LogP contribution in [0.1, 0.15) is 48.7 Å². The van der Waals surface area contributed by atoms with Crippen molar-refractivity contribution in [2.75, 3.05) is 19.0 Å². The molecule has 0 aromatic heterocycles. The van der Waals surface area contributed by atoms with Crippen molar-refractivity contribution in [3.05, 3.63) is 80.0 Å². The molecule has 0 radical (unpaired) electrons.